The molecule has 2 aromatic rings. The first-order chi connectivity index (χ1) is 10.1. The smallest absolute Gasteiger partial charge is 0.137 e. The van der Waals surface area contributed by atoms with Crippen LogP contribution in [-0.2, 0) is 0 Å². The molecule has 21 heavy (non-hydrogen) atoms. The van der Waals surface area contributed by atoms with Gasteiger partial charge in [0, 0.05) is 11.6 Å². The van der Waals surface area contributed by atoms with E-state index < -0.39 is 0 Å². The van der Waals surface area contributed by atoms with E-state index in [9.17, 15) is 0 Å². The van der Waals surface area contributed by atoms with Crippen LogP contribution in [0.15, 0.2) is 36.4 Å². The highest BCUT2D eigenvalue weighted by Gasteiger charge is 2.17. The molecule has 0 saturated heterocycles. The van der Waals surface area contributed by atoms with Crippen molar-refractivity contribution < 1.29 is 14.2 Å². The van der Waals surface area contributed by atoms with E-state index in [2.05, 4.69) is 0 Å². The first kappa shape index (κ1) is 15.8. The van der Waals surface area contributed by atoms with Crippen LogP contribution in [0.25, 0.3) is 0 Å². The minimum Gasteiger partial charge on any atom is -0.497 e. The van der Waals surface area contributed by atoms with Crippen LogP contribution in [-0.4, -0.2) is 21.3 Å². The molecule has 0 aromatic heterocycles. The SMILES string of the molecule is COc1ccc(C(Cl)c2ccc(OC)c(Cl)c2)c(OC)c1. The van der Waals surface area contributed by atoms with Gasteiger partial charge in [-0.15, -0.1) is 11.6 Å². The molecule has 2 aromatic carbocycles. The van der Waals surface area contributed by atoms with Crippen LogP contribution < -0.4 is 14.2 Å². The molecule has 5 heteroatoms. The lowest BCUT2D eigenvalue weighted by atomic mass is 10.0. The average Bonchev–Trinajstić information content (AvgIpc) is 2.53. The van der Waals surface area contributed by atoms with E-state index >= 15 is 0 Å². The third-order valence-corrected chi connectivity index (χ3v) is 3.96. The highest BCUT2D eigenvalue weighted by atomic mass is 35.5. The van der Waals surface area contributed by atoms with Crippen molar-refractivity contribution in [3.05, 3.63) is 52.5 Å². The fourth-order valence-corrected chi connectivity index (χ4v) is 2.63. The summed E-state index contributed by atoms with van der Waals surface area (Å²) >= 11 is 12.7. The minimum absolute atomic E-state index is 0.380. The maximum atomic E-state index is 6.56. The van der Waals surface area contributed by atoms with Gasteiger partial charge in [-0.1, -0.05) is 17.7 Å². The second-order valence-corrected chi connectivity index (χ2v) is 5.21. The number of alkyl halides is 1. The molecule has 0 bridgehead atoms. The van der Waals surface area contributed by atoms with Gasteiger partial charge < -0.3 is 14.2 Å². The summed E-state index contributed by atoms with van der Waals surface area (Å²) in [5.74, 6) is 2.00. The van der Waals surface area contributed by atoms with Crippen molar-refractivity contribution in [3.63, 3.8) is 0 Å². The van der Waals surface area contributed by atoms with Crippen LogP contribution in [0.3, 0.4) is 0 Å². The van der Waals surface area contributed by atoms with Crippen molar-refractivity contribution in [2.24, 2.45) is 0 Å². The van der Waals surface area contributed by atoms with Gasteiger partial charge in [0.15, 0.2) is 0 Å². The predicted octanol–water partition coefficient (Wildman–Crippen LogP) is 4.69. The average molecular weight is 327 g/mol. The van der Waals surface area contributed by atoms with Gasteiger partial charge in [-0.3, -0.25) is 0 Å². The molecule has 0 aliphatic carbocycles. The Kier molecular flexibility index (Phi) is 5.21. The summed E-state index contributed by atoms with van der Waals surface area (Å²) in [6, 6.07) is 11.0. The monoisotopic (exact) mass is 326 g/mol. The number of hydrogen-bond acceptors (Lipinski definition) is 3. The second-order valence-electron chi connectivity index (χ2n) is 4.36. The van der Waals surface area contributed by atoms with Gasteiger partial charge in [0.05, 0.1) is 31.7 Å². The van der Waals surface area contributed by atoms with Crippen LogP contribution in [0.2, 0.25) is 5.02 Å². The fourth-order valence-electron chi connectivity index (χ4n) is 2.05. The van der Waals surface area contributed by atoms with Crippen LogP contribution in [0.1, 0.15) is 16.5 Å². The van der Waals surface area contributed by atoms with Gasteiger partial charge in [-0.2, -0.15) is 0 Å². The van der Waals surface area contributed by atoms with E-state index in [4.69, 9.17) is 37.4 Å². The summed E-state index contributed by atoms with van der Waals surface area (Å²) in [5.41, 5.74) is 1.71. The van der Waals surface area contributed by atoms with Crippen molar-refractivity contribution in [2.45, 2.75) is 5.38 Å². The van der Waals surface area contributed by atoms with E-state index in [1.165, 1.54) is 0 Å². The molecule has 0 heterocycles. The zero-order chi connectivity index (χ0) is 15.4. The highest BCUT2D eigenvalue weighted by Crippen LogP contribution is 2.39. The molecule has 0 spiro atoms. The van der Waals surface area contributed by atoms with Crippen LogP contribution in [0.5, 0.6) is 17.2 Å². The minimum atomic E-state index is -0.380. The Labute approximate surface area is 134 Å². The Hall–Kier alpha value is -1.58. The molecule has 1 atom stereocenters. The summed E-state index contributed by atoms with van der Waals surface area (Å²) in [5, 5.41) is 0.141. The third kappa shape index (κ3) is 3.36. The number of benzene rings is 2. The topological polar surface area (TPSA) is 27.7 Å². The molecule has 0 aliphatic rings. The van der Waals surface area contributed by atoms with E-state index in [0.29, 0.717) is 22.3 Å². The van der Waals surface area contributed by atoms with Crippen LogP contribution >= 0.6 is 23.2 Å². The molecule has 0 N–H and O–H groups in total. The van der Waals surface area contributed by atoms with E-state index in [0.717, 1.165) is 11.1 Å². The molecule has 0 amide bonds. The number of methoxy groups -OCH3 is 3. The first-order valence-electron chi connectivity index (χ1n) is 6.30. The largest absolute Gasteiger partial charge is 0.497 e. The maximum absolute atomic E-state index is 6.56. The molecule has 0 aliphatic heterocycles. The lowest BCUT2D eigenvalue weighted by molar-refractivity contribution is 0.391. The van der Waals surface area contributed by atoms with Gasteiger partial charge in [0.1, 0.15) is 17.2 Å². The Morgan fingerprint density at radius 2 is 1.57 bits per heavy atom. The summed E-state index contributed by atoms with van der Waals surface area (Å²) in [6.07, 6.45) is 0. The van der Waals surface area contributed by atoms with E-state index in [1.807, 2.05) is 18.2 Å². The van der Waals surface area contributed by atoms with Crippen LogP contribution in [0, 0.1) is 0 Å². The van der Waals surface area contributed by atoms with Gasteiger partial charge in [0.25, 0.3) is 0 Å². The molecular formula is C16H16Cl2O3. The predicted molar refractivity (Wildman–Crippen MR) is 85.2 cm³/mol. The lowest BCUT2D eigenvalue weighted by Gasteiger charge is -2.16. The Morgan fingerprint density at radius 1 is 0.857 bits per heavy atom. The Balaban J connectivity index is 2.39. The number of hydrogen-bond donors (Lipinski definition) is 0. The first-order valence-corrected chi connectivity index (χ1v) is 7.11. The van der Waals surface area contributed by atoms with Crippen molar-refractivity contribution >= 4 is 23.2 Å². The zero-order valence-corrected chi connectivity index (χ0v) is 13.5. The summed E-state index contributed by atoms with van der Waals surface area (Å²) in [7, 11) is 4.78. The summed E-state index contributed by atoms with van der Waals surface area (Å²) in [6.45, 7) is 0. The van der Waals surface area contributed by atoms with Crippen molar-refractivity contribution in [1.29, 1.82) is 0 Å². The normalized spacial score (nSPS) is 11.9. The fraction of sp³-hybridized carbons (Fsp3) is 0.250. The lowest BCUT2D eigenvalue weighted by Crippen LogP contribution is -1.99. The third-order valence-electron chi connectivity index (χ3n) is 3.18. The number of halogens is 2. The van der Waals surface area contributed by atoms with Crippen LogP contribution in [0.4, 0.5) is 0 Å². The van der Waals surface area contributed by atoms with Gasteiger partial charge >= 0.3 is 0 Å². The van der Waals surface area contributed by atoms with E-state index in [1.54, 1.807) is 39.5 Å². The number of ether oxygens (including phenoxy) is 3. The molecule has 0 radical (unpaired) electrons. The van der Waals surface area contributed by atoms with Crippen molar-refractivity contribution in [1.82, 2.24) is 0 Å². The Morgan fingerprint density at radius 3 is 2.14 bits per heavy atom. The van der Waals surface area contributed by atoms with Crippen molar-refractivity contribution in [3.8, 4) is 17.2 Å². The molecule has 112 valence electrons. The van der Waals surface area contributed by atoms with Gasteiger partial charge in [-0.25, -0.2) is 0 Å². The molecular weight excluding hydrogens is 311 g/mol. The highest BCUT2D eigenvalue weighted by molar-refractivity contribution is 6.32. The molecule has 3 nitrogen and oxygen atoms in total. The van der Waals surface area contributed by atoms with E-state index in [-0.39, 0.29) is 5.38 Å². The summed E-state index contributed by atoms with van der Waals surface area (Å²) in [4.78, 5) is 0. The molecule has 2 rings (SSSR count). The standard InChI is InChI=1S/C16H16Cl2O3/c1-19-11-5-6-12(15(9-11)21-3)16(18)10-4-7-14(20-2)13(17)8-10/h4-9,16H,1-3H3. The molecule has 0 fully saturated rings. The van der Waals surface area contributed by atoms with Gasteiger partial charge in [0.2, 0.25) is 0 Å². The zero-order valence-electron chi connectivity index (χ0n) is 12.0. The number of rotatable bonds is 5. The molecule has 0 saturated carbocycles. The maximum Gasteiger partial charge on any atom is 0.137 e. The second kappa shape index (κ2) is 6.92. The summed E-state index contributed by atoms with van der Waals surface area (Å²) < 4.78 is 15.7. The Bertz CT molecular complexity index is 629. The van der Waals surface area contributed by atoms with Crippen molar-refractivity contribution in [2.75, 3.05) is 21.3 Å². The quantitative estimate of drug-likeness (QED) is 0.746. The van der Waals surface area contributed by atoms with Gasteiger partial charge in [-0.05, 0) is 29.8 Å². The molecule has 1 unspecified atom stereocenters.